The Hall–Kier alpha value is -3.78. The van der Waals surface area contributed by atoms with Crippen LogP contribution in [0.25, 0.3) is 65.2 Å². The average molecular weight is 384 g/mol. The lowest BCUT2D eigenvalue weighted by atomic mass is 10.0. The Balaban J connectivity index is 1.80. The van der Waals surface area contributed by atoms with Crippen LogP contribution in [0, 0.1) is 0 Å². The van der Waals surface area contributed by atoms with E-state index in [1.165, 1.54) is 65.2 Å². The zero-order chi connectivity index (χ0) is 20.0. The van der Waals surface area contributed by atoms with Crippen molar-refractivity contribution >= 4 is 65.2 Å². The van der Waals surface area contributed by atoms with Gasteiger partial charge in [-0.1, -0.05) is 72.8 Å². The Bertz CT molecular complexity index is 1680. The topological polar surface area (TPSA) is 9.86 Å². The van der Waals surface area contributed by atoms with Crippen LogP contribution in [0.2, 0.25) is 0 Å². The second-order valence-electron chi connectivity index (χ2n) is 8.34. The Morgan fingerprint density at radius 1 is 0.433 bits per heavy atom. The summed E-state index contributed by atoms with van der Waals surface area (Å²) in [4.78, 5) is 0. The number of hydrogen-bond acceptors (Lipinski definition) is 0. The Labute approximate surface area is 173 Å². The first-order valence-corrected chi connectivity index (χ1v) is 10.4. The molecule has 0 aliphatic rings. The smallest absolute Gasteiger partial charge is 0.0736 e. The molecule has 30 heavy (non-hydrogen) atoms. The largest absolute Gasteiger partial charge is 0.342 e. The minimum absolute atomic E-state index is 1.28. The molecule has 5 aromatic carbocycles. The van der Waals surface area contributed by atoms with Crippen LogP contribution < -0.4 is 0 Å². The van der Waals surface area contributed by atoms with E-state index >= 15 is 0 Å². The molecule has 0 spiro atoms. The lowest BCUT2D eigenvalue weighted by Gasteiger charge is -2.03. The maximum atomic E-state index is 2.38. The molecule has 142 valence electrons. The maximum absolute atomic E-state index is 2.38. The first-order valence-electron chi connectivity index (χ1n) is 10.4. The van der Waals surface area contributed by atoms with E-state index in [4.69, 9.17) is 0 Å². The van der Waals surface area contributed by atoms with Crippen molar-refractivity contribution in [3.05, 3.63) is 84.9 Å². The van der Waals surface area contributed by atoms with Gasteiger partial charge in [-0.2, -0.15) is 0 Å². The van der Waals surface area contributed by atoms with E-state index in [-0.39, 0.29) is 0 Å². The molecule has 0 saturated heterocycles. The highest BCUT2D eigenvalue weighted by Crippen LogP contribution is 2.41. The number of aryl methyl sites for hydroxylation is 2. The Kier molecular flexibility index (Phi) is 2.91. The third-order valence-corrected chi connectivity index (χ3v) is 6.90. The highest BCUT2D eigenvalue weighted by Gasteiger charge is 2.19. The molecule has 2 aromatic heterocycles. The SMILES string of the molecule is Cn1c2ccc3ccccc3c2c2ccc3c4c5ccccc5ccc4n(C)c3c21. The molecule has 0 radical (unpaired) electrons. The van der Waals surface area contributed by atoms with Gasteiger partial charge in [0.05, 0.1) is 11.0 Å². The molecule has 0 N–H and O–H groups in total. The minimum Gasteiger partial charge on any atom is -0.342 e. The third kappa shape index (κ3) is 1.80. The lowest BCUT2D eigenvalue weighted by molar-refractivity contribution is 0.986. The van der Waals surface area contributed by atoms with Gasteiger partial charge >= 0.3 is 0 Å². The molecule has 7 aromatic rings. The molecule has 0 amide bonds. The van der Waals surface area contributed by atoms with Gasteiger partial charge in [-0.25, -0.2) is 0 Å². The maximum Gasteiger partial charge on any atom is 0.0736 e. The summed E-state index contributed by atoms with van der Waals surface area (Å²) in [6.07, 6.45) is 0. The van der Waals surface area contributed by atoms with Crippen molar-refractivity contribution in [2.45, 2.75) is 0 Å². The van der Waals surface area contributed by atoms with Crippen molar-refractivity contribution in [1.82, 2.24) is 9.13 Å². The zero-order valence-corrected chi connectivity index (χ0v) is 17.0. The van der Waals surface area contributed by atoms with Crippen molar-refractivity contribution in [1.29, 1.82) is 0 Å². The molecular weight excluding hydrogens is 364 g/mol. The fourth-order valence-corrected chi connectivity index (χ4v) is 5.55. The number of nitrogens with zero attached hydrogens (tertiary/aromatic N) is 2. The van der Waals surface area contributed by atoms with Gasteiger partial charge in [0.1, 0.15) is 0 Å². The first-order chi connectivity index (χ1) is 14.7. The molecular formula is C28H20N2. The van der Waals surface area contributed by atoms with Gasteiger partial charge in [0.15, 0.2) is 0 Å². The van der Waals surface area contributed by atoms with E-state index in [1.54, 1.807) is 0 Å². The molecule has 0 aliphatic heterocycles. The monoisotopic (exact) mass is 384 g/mol. The first kappa shape index (κ1) is 16.1. The summed E-state index contributed by atoms with van der Waals surface area (Å²) in [6, 6.07) is 31.1. The fraction of sp³-hybridized carbons (Fsp3) is 0.0714. The van der Waals surface area contributed by atoms with Crippen molar-refractivity contribution in [2.75, 3.05) is 0 Å². The van der Waals surface area contributed by atoms with Crippen LogP contribution in [0.3, 0.4) is 0 Å². The highest BCUT2D eigenvalue weighted by molar-refractivity contribution is 6.30. The second-order valence-corrected chi connectivity index (χ2v) is 8.34. The summed E-state index contributed by atoms with van der Waals surface area (Å²) in [5.41, 5.74) is 5.18. The molecule has 0 atom stereocenters. The van der Waals surface area contributed by atoms with Gasteiger partial charge in [-0.15, -0.1) is 0 Å². The summed E-state index contributed by atoms with van der Waals surface area (Å²) in [6.45, 7) is 0. The van der Waals surface area contributed by atoms with E-state index in [9.17, 15) is 0 Å². The predicted octanol–water partition coefficient (Wildman–Crippen LogP) is 7.28. The number of fused-ring (bicyclic) bond motifs is 11. The molecule has 0 unspecified atom stereocenters. The van der Waals surface area contributed by atoms with E-state index < -0.39 is 0 Å². The average Bonchev–Trinajstić information content (AvgIpc) is 3.26. The van der Waals surface area contributed by atoms with Crippen molar-refractivity contribution < 1.29 is 0 Å². The van der Waals surface area contributed by atoms with Crippen molar-refractivity contribution in [3.63, 3.8) is 0 Å². The quantitative estimate of drug-likeness (QED) is 0.260. The molecule has 2 heteroatoms. The molecule has 0 fully saturated rings. The van der Waals surface area contributed by atoms with Crippen molar-refractivity contribution in [2.24, 2.45) is 14.1 Å². The van der Waals surface area contributed by atoms with Crippen LogP contribution in [0.15, 0.2) is 84.9 Å². The van der Waals surface area contributed by atoms with E-state index in [1.807, 2.05) is 0 Å². The summed E-state index contributed by atoms with van der Waals surface area (Å²) < 4.78 is 4.75. The molecule has 0 saturated carbocycles. The van der Waals surface area contributed by atoms with Crippen LogP contribution in [0.1, 0.15) is 0 Å². The molecule has 0 aliphatic carbocycles. The third-order valence-electron chi connectivity index (χ3n) is 6.90. The van der Waals surface area contributed by atoms with E-state index in [0.29, 0.717) is 0 Å². The number of hydrogen-bond donors (Lipinski definition) is 0. The Morgan fingerprint density at radius 3 is 1.33 bits per heavy atom. The second kappa shape index (κ2) is 5.43. The Morgan fingerprint density at radius 2 is 0.867 bits per heavy atom. The zero-order valence-electron chi connectivity index (χ0n) is 17.0. The lowest BCUT2D eigenvalue weighted by Crippen LogP contribution is -1.92. The molecule has 2 heterocycles. The normalized spacial score (nSPS) is 12.3. The summed E-state index contributed by atoms with van der Waals surface area (Å²) >= 11 is 0. The minimum atomic E-state index is 1.28. The molecule has 2 nitrogen and oxygen atoms in total. The number of aromatic nitrogens is 2. The summed E-state index contributed by atoms with van der Waals surface area (Å²) in [7, 11) is 4.41. The van der Waals surface area contributed by atoms with Crippen molar-refractivity contribution in [3.8, 4) is 0 Å². The molecule has 7 rings (SSSR count). The summed E-state index contributed by atoms with van der Waals surface area (Å²) in [5, 5.41) is 10.6. The van der Waals surface area contributed by atoms with E-state index in [2.05, 4.69) is 108 Å². The number of rotatable bonds is 0. The van der Waals surface area contributed by atoms with Gasteiger partial charge in [0.2, 0.25) is 0 Å². The standard InChI is InChI=1S/C28H20N2/c1-29-23-15-11-17-7-3-5-9-19(17)25(23)21-13-14-22-26-20-10-6-4-8-18(20)12-16-24(26)30(2)28(22)27(21)29/h3-16H,1-2H3. The summed E-state index contributed by atoms with van der Waals surface area (Å²) in [5.74, 6) is 0. The van der Waals surface area contributed by atoms with E-state index in [0.717, 1.165) is 0 Å². The van der Waals surface area contributed by atoms with Gasteiger partial charge in [0.25, 0.3) is 0 Å². The highest BCUT2D eigenvalue weighted by atomic mass is 15.0. The number of benzene rings is 5. The van der Waals surface area contributed by atoms with Crippen LogP contribution in [-0.4, -0.2) is 9.13 Å². The van der Waals surface area contributed by atoms with Gasteiger partial charge in [0, 0.05) is 46.7 Å². The predicted molar refractivity (Wildman–Crippen MR) is 129 cm³/mol. The van der Waals surface area contributed by atoms with Gasteiger partial charge < -0.3 is 9.13 Å². The molecule has 0 bridgehead atoms. The van der Waals surface area contributed by atoms with Crippen LogP contribution in [-0.2, 0) is 14.1 Å². The van der Waals surface area contributed by atoms with Crippen LogP contribution >= 0.6 is 0 Å². The van der Waals surface area contributed by atoms with Gasteiger partial charge in [-0.3, -0.25) is 0 Å². The fourth-order valence-electron chi connectivity index (χ4n) is 5.55. The van der Waals surface area contributed by atoms with Crippen LogP contribution in [0.4, 0.5) is 0 Å². The van der Waals surface area contributed by atoms with Crippen LogP contribution in [0.5, 0.6) is 0 Å². The van der Waals surface area contributed by atoms with Gasteiger partial charge in [-0.05, 0) is 33.7 Å².